The third-order valence-electron chi connectivity index (χ3n) is 8.63. The molecular weight excluding hydrogens is 680 g/mol. The summed E-state index contributed by atoms with van der Waals surface area (Å²) < 4.78 is 47.6. The van der Waals surface area contributed by atoms with E-state index < -0.39 is 148 Å². The zero-order chi connectivity index (χ0) is 36.5. The minimum atomic E-state index is -2.24. The zero-order valence-electron chi connectivity index (χ0n) is 25.8. The van der Waals surface area contributed by atoms with Gasteiger partial charge in [0.1, 0.15) is 85.5 Å². The zero-order valence-corrected chi connectivity index (χ0v) is 25.8. The molecule has 23 heteroatoms. The van der Waals surface area contributed by atoms with Gasteiger partial charge in [-0.05, 0) is 0 Å². The summed E-state index contributed by atoms with van der Waals surface area (Å²) in [5.74, 6) is -3.48. The molecule has 0 aromatic rings. The van der Waals surface area contributed by atoms with Crippen LogP contribution < -0.4 is 0 Å². The van der Waals surface area contributed by atoms with Gasteiger partial charge in [0.15, 0.2) is 37.4 Å². The van der Waals surface area contributed by atoms with E-state index in [0.29, 0.717) is 0 Å². The molecular formula is C26H42O23. The lowest BCUT2D eigenvalue weighted by molar-refractivity contribution is -0.386. The minimum absolute atomic E-state index is 0.810. The number of carbonyl (C=O) groups is 2. The summed E-state index contributed by atoms with van der Waals surface area (Å²) in [4.78, 5) is 23.7. The van der Waals surface area contributed by atoms with Gasteiger partial charge >= 0.3 is 11.9 Å². The van der Waals surface area contributed by atoms with Crippen molar-refractivity contribution in [2.45, 2.75) is 123 Å². The molecule has 0 bridgehead atoms. The fourth-order valence-corrected chi connectivity index (χ4v) is 6.00. The molecule has 0 spiro atoms. The van der Waals surface area contributed by atoms with Crippen molar-refractivity contribution in [1.29, 1.82) is 0 Å². The molecule has 23 nitrogen and oxygen atoms in total. The Balaban J connectivity index is 1.58. The van der Waals surface area contributed by atoms with Crippen molar-refractivity contribution >= 4 is 11.9 Å². The van der Waals surface area contributed by atoms with Crippen LogP contribution in [0.1, 0.15) is 0 Å². The first-order valence-electron chi connectivity index (χ1n) is 14.9. The molecule has 0 aromatic heterocycles. The van der Waals surface area contributed by atoms with E-state index in [-0.39, 0.29) is 0 Å². The average Bonchev–Trinajstić information content (AvgIpc) is 3.05. The van der Waals surface area contributed by atoms with E-state index in [1.54, 1.807) is 0 Å². The van der Waals surface area contributed by atoms with E-state index in [4.69, 9.17) is 42.6 Å². The number of carboxylic acids is 2. The highest BCUT2D eigenvalue weighted by molar-refractivity contribution is 5.73. The SMILES string of the molecule is COC1C(O)C(OC2C(O)C(CO)OC(OC3C(O)C(OC4C(O)C(CO)OC(O)C4OC)OC(C(=O)O)C3O)C2O)OC(C(=O)O)C1O. The Labute approximate surface area is 276 Å². The van der Waals surface area contributed by atoms with Crippen molar-refractivity contribution in [2.75, 3.05) is 27.4 Å². The van der Waals surface area contributed by atoms with Gasteiger partial charge in [-0.2, -0.15) is 0 Å². The number of hydrogen-bond acceptors (Lipinski definition) is 21. The molecule has 0 amide bonds. The Hall–Kier alpha value is -1.82. The normalized spacial score (nSPS) is 49.4. The third-order valence-corrected chi connectivity index (χ3v) is 8.63. The largest absolute Gasteiger partial charge is 0.479 e. The van der Waals surface area contributed by atoms with E-state index in [1.807, 2.05) is 0 Å². The summed E-state index contributed by atoms with van der Waals surface area (Å²) in [5.41, 5.74) is 0. The van der Waals surface area contributed by atoms with Gasteiger partial charge in [-0.3, -0.25) is 0 Å². The molecule has 20 atom stereocenters. The average molecular weight is 723 g/mol. The Morgan fingerprint density at radius 2 is 0.857 bits per heavy atom. The lowest BCUT2D eigenvalue weighted by Crippen LogP contribution is -2.68. The van der Waals surface area contributed by atoms with E-state index in [2.05, 4.69) is 0 Å². The second kappa shape index (κ2) is 16.7. The quantitative estimate of drug-likeness (QED) is 0.0889. The second-order valence-corrected chi connectivity index (χ2v) is 11.6. The Bertz CT molecular complexity index is 1100. The van der Waals surface area contributed by atoms with Gasteiger partial charge in [-0.25, -0.2) is 9.59 Å². The Morgan fingerprint density at radius 1 is 0.490 bits per heavy atom. The van der Waals surface area contributed by atoms with Crippen LogP contribution in [-0.2, 0) is 52.2 Å². The van der Waals surface area contributed by atoms with Gasteiger partial charge < -0.3 is 104 Å². The van der Waals surface area contributed by atoms with Crippen LogP contribution in [0.25, 0.3) is 0 Å². The maximum atomic E-state index is 12.0. The number of aliphatic carboxylic acids is 2. The maximum absolute atomic E-state index is 12.0. The molecule has 0 radical (unpaired) electrons. The van der Waals surface area contributed by atoms with E-state index >= 15 is 0 Å². The van der Waals surface area contributed by atoms with Crippen molar-refractivity contribution in [3.05, 3.63) is 0 Å². The molecule has 4 aliphatic rings. The Morgan fingerprint density at radius 3 is 1.31 bits per heavy atom. The highest BCUT2D eigenvalue weighted by Crippen LogP contribution is 2.35. The van der Waals surface area contributed by atoms with Crippen molar-refractivity contribution in [2.24, 2.45) is 0 Å². The van der Waals surface area contributed by atoms with Crippen LogP contribution >= 0.6 is 0 Å². The molecule has 4 saturated heterocycles. The number of methoxy groups -OCH3 is 2. The molecule has 4 rings (SSSR count). The molecule has 0 aromatic carbocycles. The fraction of sp³-hybridized carbons (Fsp3) is 0.923. The monoisotopic (exact) mass is 722 g/mol. The van der Waals surface area contributed by atoms with Crippen LogP contribution in [0.4, 0.5) is 0 Å². The number of rotatable bonds is 12. The number of aliphatic hydroxyl groups excluding tert-OH is 10. The van der Waals surface area contributed by atoms with Crippen LogP contribution in [0.15, 0.2) is 0 Å². The standard InChI is InChI=1S/C26H42O23/c1-41-14-9(31)18(21(36)37)48-25(11(14)33)45-15-7(29)6(4-28)44-24(12(15)34)46-16-10(32)19(22(38)39)49-26(13(16)35)47-17-8(30)5(3-27)43-23(40)20(17)42-2/h5-20,23-35,40H,3-4H2,1-2H3,(H,36,37)(H,38,39). The number of aliphatic hydroxyl groups is 10. The summed E-state index contributed by atoms with van der Waals surface area (Å²) in [7, 11) is 2.13. The van der Waals surface area contributed by atoms with Crippen LogP contribution in [0.3, 0.4) is 0 Å². The lowest BCUT2D eigenvalue weighted by atomic mass is 9.95. The summed E-state index contributed by atoms with van der Waals surface area (Å²) in [5, 5.41) is 124. The summed E-state index contributed by atoms with van der Waals surface area (Å²) in [6.45, 7) is -1.79. The van der Waals surface area contributed by atoms with Crippen LogP contribution in [-0.4, -0.2) is 223 Å². The van der Waals surface area contributed by atoms with E-state index in [9.17, 15) is 70.9 Å². The summed E-state index contributed by atoms with van der Waals surface area (Å²) in [6.07, 6.45) is -38.1. The maximum Gasteiger partial charge on any atom is 0.335 e. The van der Waals surface area contributed by atoms with Crippen LogP contribution in [0, 0.1) is 0 Å². The van der Waals surface area contributed by atoms with Gasteiger partial charge in [0.2, 0.25) is 0 Å². The highest BCUT2D eigenvalue weighted by atomic mass is 16.8. The first kappa shape index (κ1) is 40.0. The van der Waals surface area contributed by atoms with Gasteiger partial charge in [0, 0.05) is 14.2 Å². The number of hydrogen-bond donors (Lipinski definition) is 12. The molecule has 49 heavy (non-hydrogen) atoms. The number of carboxylic acid groups (broad SMARTS) is 2. The van der Waals surface area contributed by atoms with E-state index in [0.717, 1.165) is 14.2 Å². The first-order chi connectivity index (χ1) is 23.1. The topological polar surface area (TPSA) is 360 Å². The smallest absolute Gasteiger partial charge is 0.335 e. The van der Waals surface area contributed by atoms with Crippen LogP contribution in [0.5, 0.6) is 0 Å². The minimum Gasteiger partial charge on any atom is -0.479 e. The lowest BCUT2D eigenvalue weighted by Gasteiger charge is -2.49. The molecule has 0 aliphatic carbocycles. The predicted octanol–water partition coefficient (Wildman–Crippen LogP) is -8.26. The van der Waals surface area contributed by atoms with E-state index in [1.165, 1.54) is 0 Å². The van der Waals surface area contributed by atoms with Gasteiger partial charge in [0.25, 0.3) is 0 Å². The van der Waals surface area contributed by atoms with Crippen LogP contribution in [0.2, 0.25) is 0 Å². The van der Waals surface area contributed by atoms with Crippen molar-refractivity contribution in [3.63, 3.8) is 0 Å². The Kier molecular flexibility index (Phi) is 13.6. The van der Waals surface area contributed by atoms with Crippen molar-refractivity contribution in [3.8, 4) is 0 Å². The molecule has 12 N–H and O–H groups in total. The third kappa shape index (κ3) is 8.00. The molecule has 20 unspecified atom stereocenters. The fourth-order valence-electron chi connectivity index (χ4n) is 6.00. The second-order valence-electron chi connectivity index (χ2n) is 11.6. The molecule has 4 fully saturated rings. The highest BCUT2D eigenvalue weighted by Gasteiger charge is 2.57. The molecule has 284 valence electrons. The molecule has 0 saturated carbocycles. The molecule has 4 heterocycles. The van der Waals surface area contributed by atoms with Crippen molar-refractivity contribution < 1.29 is 113 Å². The van der Waals surface area contributed by atoms with Gasteiger partial charge in [-0.1, -0.05) is 0 Å². The number of ether oxygens (including phenoxy) is 9. The first-order valence-corrected chi connectivity index (χ1v) is 14.9. The van der Waals surface area contributed by atoms with Gasteiger partial charge in [0.05, 0.1) is 13.2 Å². The molecule has 4 aliphatic heterocycles. The van der Waals surface area contributed by atoms with Gasteiger partial charge in [-0.15, -0.1) is 0 Å². The summed E-state index contributed by atoms with van der Waals surface area (Å²) in [6, 6.07) is 0. The summed E-state index contributed by atoms with van der Waals surface area (Å²) >= 11 is 0. The predicted molar refractivity (Wildman–Crippen MR) is 145 cm³/mol. The van der Waals surface area contributed by atoms with Crippen molar-refractivity contribution in [1.82, 2.24) is 0 Å².